The fourth-order valence-corrected chi connectivity index (χ4v) is 1.75. The Hall–Kier alpha value is -2.62. The number of aliphatic imine (C=N–C) groups is 1. The van der Waals surface area contributed by atoms with Gasteiger partial charge < -0.3 is 5.11 Å². The van der Waals surface area contributed by atoms with Gasteiger partial charge >= 0.3 is 0 Å². The van der Waals surface area contributed by atoms with E-state index in [1.807, 2.05) is 30.3 Å². The molecule has 0 amide bonds. The average Bonchev–Trinajstić information content (AvgIpc) is 2.85. The minimum absolute atomic E-state index is 0.227. The molecule has 4 nitrogen and oxygen atoms in total. The Kier molecular flexibility index (Phi) is 2.53. The Balaban J connectivity index is 1.94. The van der Waals surface area contributed by atoms with E-state index < -0.39 is 0 Å². The molecule has 3 aromatic rings. The summed E-state index contributed by atoms with van der Waals surface area (Å²) in [7, 11) is 0. The fraction of sp³-hybridized carbons (Fsp3) is 0. The highest BCUT2D eigenvalue weighted by Crippen LogP contribution is 2.20. The van der Waals surface area contributed by atoms with Crippen molar-refractivity contribution in [1.82, 2.24) is 10.2 Å². The van der Waals surface area contributed by atoms with Crippen LogP contribution in [-0.4, -0.2) is 21.5 Å². The van der Waals surface area contributed by atoms with Gasteiger partial charge in [0.25, 0.3) is 0 Å². The molecule has 1 aromatic heterocycles. The number of hydrogen-bond acceptors (Lipinski definition) is 3. The lowest BCUT2D eigenvalue weighted by Gasteiger charge is -1.97. The van der Waals surface area contributed by atoms with Crippen LogP contribution in [0.25, 0.3) is 10.9 Å². The highest BCUT2D eigenvalue weighted by atomic mass is 16.3. The Morgan fingerprint density at radius 1 is 1.17 bits per heavy atom. The van der Waals surface area contributed by atoms with Gasteiger partial charge in [-0.05, 0) is 30.3 Å². The summed E-state index contributed by atoms with van der Waals surface area (Å²) in [6.07, 6.45) is 3.41. The molecule has 1 heterocycles. The van der Waals surface area contributed by atoms with E-state index in [1.165, 1.54) is 0 Å². The highest BCUT2D eigenvalue weighted by molar-refractivity contribution is 5.87. The van der Waals surface area contributed by atoms with Gasteiger partial charge in [0.1, 0.15) is 5.75 Å². The predicted molar refractivity (Wildman–Crippen MR) is 71.5 cm³/mol. The molecule has 4 heteroatoms. The molecule has 0 fully saturated rings. The molecular weight excluding hydrogens is 226 g/mol. The second-order valence-corrected chi connectivity index (χ2v) is 3.96. The van der Waals surface area contributed by atoms with Crippen molar-refractivity contribution in [3.8, 4) is 5.75 Å². The minimum Gasteiger partial charge on any atom is -0.507 e. The third kappa shape index (κ3) is 1.96. The molecule has 0 radical (unpaired) electrons. The zero-order chi connectivity index (χ0) is 12.4. The average molecular weight is 237 g/mol. The number of phenolic OH excluding ortho intramolecular Hbond substituents is 1. The minimum atomic E-state index is 0.227. The summed E-state index contributed by atoms with van der Waals surface area (Å²) in [6, 6.07) is 12.9. The Morgan fingerprint density at radius 2 is 2.06 bits per heavy atom. The lowest BCUT2D eigenvalue weighted by atomic mass is 10.2. The van der Waals surface area contributed by atoms with Gasteiger partial charge in [-0.3, -0.25) is 10.1 Å². The number of hydrogen-bond donors (Lipinski definition) is 2. The van der Waals surface area contributed by atoms with Crippen LogP contribution >= 0.6 is 0 Å². The standard InChI is InChI=1S/C14H11N3O/c18-14-4-2-1-3-10(14)8-15-12-5-6-13-11(7-12)9-16-17-13/h1-9,18H,(H,16,17). The lowest BCUT2D eigenvalue weighted by molar-refractivity contribution is 0.474. The summed E-state index contributed by atoms with van der Waals surface area (Å²) in [5.41, 5.74) is 2.51. The fourth-order valence-electron chi connectivity index (χ4n) is 1.75. The molecule has 0 aliphatic heterocycles. The zero-order valence-corrected chi connectivity index (χ0v) is 9.54. The number of H-pyrrole nitrogens is 1. The molecule has 18 heavy (non-hydrogen) atoms. The first kappa shape index (κ1) is 10.5. The Bertz CT molecular complexity index is 716. The van der Waals surface area contributed by atoms with Crippen LogP contribution in [0.4, 0.5) is 5.69 Å². The summed E-state index contributed by atoms with van der Waals surface area (Å²) in [6.45, 7) is 0. The van der Waals surface area contributed by atoms with E-state index in [0.29, 0.717) is 5.56 Å². The zero-order valence-electron chi connectivity index (χ0n) is 9.54. The number of nitrogens with one attached hydrogen (secondary N) is 1. The monoisotopic (exact) mass is 237 g/mol. The maximum atomic E-state index is 9.62. The maximum absolute atomic E-state index is 9.62. The van der Waals surface area contributed by atoms with Gasteiger partial charge in [-0.1, -0.05) is 12.1 Å². The lowest BCUT2D eigenvalue weighted by Crippen LogP contribution is -1.80. The van der Waals surface area contributed by atoms with Crippen molar-refractivity contribution < 1.29 is 5.11 Å². The van der Waals surface area contributed by atoms with Crippen molar-refractivity contribution in [3.05, 3.63) is 54.2 Å². The van der Waals surface area contributed by atoms with Crippen molar-refractivity contribution >= 4 is 22.8 Å². The van der Waals surface area contributed by atoms with Gasteiger partial charge in [0.05, 0.1) is 17.4 Å². The van der Waals surface area contributed by atoms with Crippen LogP contribution in [-0.2, 0) is 0 Å². The normalized spacial score (nSPS) is 11.3. The number of rotatable bonds is 2. The van der Waals surface area contributed by atoms with Crippen molar-refractivity contribution in [2.24, 2.45) is 4.99 Å². The van der Waals surface area contributed by atoms with Gasteiger partial charge in [0.15, 0.2) is 0 Å². The molecule has 2 N–H and O–H groups in total. The molecule has 3 rings (SSSR count). The number of phenols is 1. The molecule has 0 aliphatic rings. The van der Waals surface area contributed by atoms with Crippen LogP contribution in [0.3, 0.4) is 0 Å². The largest absolute Gasteiger partial charge is 0.507 e. The van der Waals surface area contributed by atoms with E-state index >= 15 is 0 Å². The number of benzene rings is 2. The topological polar surface area (TPSA) is 61.3 Å². The van der Waals surface area contributed by atoms with E-state index in [2.05, 4.69) is 15.2 Å². The van der Waals surface area contributed by atoms with Gasteiger partial charge in [0, 0.05) is 17.2 Å². The number of aromatic nitrogens is 2. The smallest absolute Gasteiger partial charge is 0.124 e. The van der Waals surface area contributed by atoms with Crippen LogP contribution in [0, 0.1) is 0 Å². The Labute approximate surface area is 104 Å². The highest BCUT2D eigenvalue weighted by Gasteiger charge is 1.97. The molecule has 2 aromatic carbocycles. The van der Waals surface area contributed by atoms with E-state index in [9.17, 15) is 5.11 Å². The van der Waals surface area contributed by atoms with Gasteiger partial charge in [0.2, 0.25) is 0 Å². The molecule has 0 saturated heterocycles. The number of aromatic hydroxyl groups is 1. The summed E-state index contributed by atoms with van der Waals surface area (Å²) in [4.78, 5) is 4.34. The van der Waals surface area contributed by atoms with Crippen LogP contribution < -0.4 is 0 Å². The summed E-state index contributed by atoms with van der Waals surface area (Å²) < 4.78 is 0. The number of aromatic amines is 1. The first-order valence-electron chi connectivity index (χ1n) is 5.58. The number of fused-ring (bicyclic) bond motifs is 1. The van der Waals surface area contributed by atoms with Gasteiger partial charge in [-0.25, -0.2) is 0 Å². The Morgan fingerprint density at radius 3 is 2.94 bits per heavy atom. The molecular formula is C14H11N3O. The summed E-state index contributed by atoms with van der Waals surface area (Å²) in [5.74, 6) is 0.227. The van der Waals surface area contributed by atoms with E-state index in [0.717, 1.165) is 16.6 Å². The molecule has 0 atom stereocenters. The second kappa shape index (κ2) is 4.33. The van der Waals surface area contributed by atoms with Gasteiger partial charge in [-0.2, -0.15) is 5.10 Å². The first-order chi connectivity index (χ1) is 8.83. The molecule has 88 valence electrons. The maximum Gasteiger partial charge on any atom is 0.124 e. The van der Waals surface area contributed by atoms with Crippen LogP contribution in [0.15, 0.2) is 53.7 Å². The van der Waals surface area contributed by atoms with Crippen molar-refractivity contribution in [3.63, 3.8) is 0 Å². The molecule has 0 bridgehead atoms. The predicted octanol–water partition coefficient (Wildman–Crippen LogP) is 3.02. The summed E-state index contributed by atoms with van der Waals surface area (Å²) in [5, 5.41) is 17.5. The summed E-state index contributed by atoms with van der Waals surface area (Å²) >= 11 is 0. The molecule has 0 aliphatic carbocycles. The molecule has 0 spiro atoms. The third-order valence-corrected chi connectivity index (χ3v) is 2.71. The van der Waals surface area contributed by atoms with Gasteiger partial charge in [-0.15, -0.1) is 0 Å². The number of para-hydroxylation sites is 1. The number of nitrogens with zero attached hydrogens (tertiary/aromatic N) is 2. The van der Waals surface area contributed by atoms with E-state index in [-0.39, 0.29) is 5.75 Å². The van der Waals surface area contributed by atoms with Crippen molar-refractivity contribution in [2.45, 2.75) is 0 Å². The molecule has 0 unspecified atom stereocenters. The van der Waals surface area contributed by atoms with E-state index in [1.54, 1.807) is 24.5 Å². The SMILES string of the molecule is Oc1ccccc1C=Nc1ccc2[nH]ncc2c1. The van der Waals surface area contributed by atoms with Crippen LogP contribution in [0.2, 0.25) is 0 Å². The van der Waals surface area contributed by atoms with Crippen molar-refractivity contribution in [2.75, 3.05) is 0 Å². The quantitative estimate of drug-likeness (QED) is 0.673. The third-order valence-electron chi connectivity index (χ3n) is 2.71. The molecule has 0 saturated carbocycles. The van der Waals surface area contributed by atoms with Crippen LogP contribution in [0.1, 0.15) is 5.56 Å². The van der Waals surface area contributed by atoms with Crippen molar-refractivity contribution in [1.29, 1.82) is 0 Å². The van der Waals surface area contributed by atoms with Crippen LogP contribution in [0.5, 0.6) is 5.75 Å². The first-order valence-corrected chi connectivity index (χ1v) is 5.58. The van der Waals surface area contributed by atoms with E-state index in [4.69, 9.17) is 0 Å². The second-order valence-electron chi connectivity index (χ2n) is 3.96.